The van der Waals surface area contributed by atoms with Gasteiger partial charge in [0.25, 0.3) is 0 Å². The van der Waals surface area contributed by atoms with Gasteiger partial charge in [-0.3, -0.25) is 19.5 Å². The summed E-state index contributed by atoms with van der Waals surface area (Å²) < 4.78 is 14.8. The number of anilines is 1. The van der Waals surface area contributed by atoms with E-state index in [0.717, 1.165) is 50.5 Å². The maximum Gasteiger partial charge on any atom is 0.237 e. The third kappa shape index (κ3) is 7.22. The fraction of sp³-hybridized carbons (Fsp3) is 0.469. The van der Waals surface area contributed by atoms with E-state index in [2.05, 4.69) is 35.5 Å². The van der Waals surface area contributed by atoms with Crippen molar-refractivity contribution in [3.8, 4) is 0 Å². The van der Waals surface area contributed by atoms with E-state index < -0.39 is 11.2 Å². The first kappa shape index (κ1) is 34.9. The van der Waals surface area contributed by atoms with E-state index in [1.165, 1.54) is 6.07 Å². The number of carbonyl (C=O) groups is 3. The summed E-state index contributed by atoms with van der Waals surface area (Å²) in [5.74, 6) is -0.629. The molecule has 234 valence electrons. The molecule has 2 aromatic carbocycles. The molecule has 2 amide bonds. The van der Waals surface area contributed by atoms with E-state index >= 15 is 0 Å². The molecule has 1 saturated heterocycles. The lowest BCUT2D eigenvalue weighted by Crippen LogP contribution is -2.41. The molecule has 2 aromatic rings. The zero-order valence-corrected chi connectivity index (χ0v) is 27.2. The smallest absolute Gasteiger partial charge is 0.237 e. The SMILES string of the molecule is CC=CN1CC(c2cccc(Cl)c2F)[C@@]2(C1)C(=O)Nc1cc(Cl)ccc12.CCCC1(C(C)=O)CCC(NC=O)CC1.NS. The van der Waals surface area contributed by atoms with E-state index in [9.17, 15) is 18.8 Å². The molecule has 0 aromatic heterocycles. The normalized spacial score (nSPS) is 25.8. The van der Waals surface area contributed by atoms with Crippen molar-refractivity contribution in [1.82, 2.24) is 10.2 Å². The van der Waals surface area contributed by atoms with Crippen LogP contribution in [0, 0.1) is 11.2 Å². The monoisotopic (exact) mass is 650 g/mol. The number of ketones is 1. The van der Waals surface area contributed by atoms with Crippen LogP contribution in [-0.2, 0) is 19.8 Å². The number of likely N-dealkylation sites (tertiary alicyclic amines) is 1. The Labute approximate surface area is 269 Å². The quantitative estimate of drug-likeness (QED) is 0.195. The molecule has 1 unspecified atom stereocenters. The van der Waals surface area contributed by atoms with Gasteiger partial charge in [-0.25, -0.2) is 4.39 Å². The lowest BCUT2D eigenvalue weighted by atomic mass is 9.67. The predicted molar refractivity (Wildman–Crippen MR) is 175 cm³/mol. The highest BCUT2D eigenvalue weighted by Crippen LogP contribution is 2.53. The summed E-state index contributed by atoms with van der Waals surface area (Å²) >= 11 is 15.1. The fourth-order valence-corrected chi connectivity index (χ4v) is 7.28. The number of nitrogens with two attached hydrogens (primary N) is 1. The summed E-state index contributed by atoms with van der Waals surface area (Å²) in [4.78, 5) is 37.2. The molecule has 5 rings (SSSR count). The highest BCUT2D eigenvalue weighted by molar-refractivity contribution is 7.77. The lowest BCUT2D eigenvalue weighted by molar-refractivity contribution is -0.129. The molecule has 7 nitrogen and oxygen atoms in total. The Balaban J connectivity index is 0.000000255. The van der Waals surface area contributed by atoms with Gasteiger partial charge >= 0.3 is 0 Å². The second-order valence-corrected chi connectivity index (χ2v) is 12.2. The number of hydrogen-bond acceptors (Lipinski definition) is 6. The molecule has 4 N–H and O–H groups in total. The number of halogens is 3. The van der Waals surface area contributed by atoms with Gasteiger partial charge in [0.15, 0.2) is 0 Å². The van der Waals surface area contributed by atoms with Crippen LogP contribution in [0.4, 0.5) is 10.1 Å². The topological polar surface area (TPSA) is 105 Å². The second-order valence-electron chi connectivity index (χ2n) is 11.4. The maximum atomic E-state index is 14.8. The van der Waals surface area contributed by atoms with Gasteiger partial charge in [0.2, 0.25) is 12.3 Å². The highest BCUT2D eigenvalue weighted by atomic mass is 35.5. The number of Topliss-reactive ketones (excluding diaryl/α,β-unsaturated/α-hetero) is 1. The van der Waals surface area contributed by atoms with Crippen LogP contribution < -0.4 is 15.8 Å². The van der Waals surface area contributed by atoms with Crippen LogP contribution in [-0.4, -0.2) is 42.1 Å². The van der Waals surface area contributed by atoms with Crippen molar-refractivity contribution in [1.29, 1.82) is 0 Å². The van der Waals surface area contributed by atoms with E-state index in [-0.39, 0.29) is 28.3 Å². The van der Waals surface area contributed by atoms with Crippen LogP contribution in [0.2, 0.25) is 10.0 Å². The number of amides is 2. The number of benzene rings is 2. The number of carbonyl (C=O) groups excluding carboxylic acids is 3. The van der Waals surface area contributed by atoms with Gasteiger partial charge < -0.3 is 15.5 Å². The fourth-order valence-electron chi connectivity index (χ4n) is 6.92. The Bertz CT molecular complexity index is 1340. The van der Waals surface area contributed by atoms with Crippen molar-refractivity contribution in [3.05, 3.63) is 75.7 Å². The predicted octanol–water partition coefficient (Wildman–Crippen LogP) is 6.80. The van der Waals surface area contributed by atoms with Crippen LogP contribution in [0.15, 0.2) is 48.7 Å². The molecule has 1 aliphatic carbocycles. The van der Waals surface area contributed by atoms with E-state index in [1.807, 2.05) is 30.2 Å². The van der Waals surface area contributed by atoms with Crippen LogP contribution in [0.1, 0.15) is 76.3 Å². The van der Waals surface area contributed by atoms with Gasteiger partial charge in [0.1, 0.15) is 17.0 Å². The van der Waals surface area contributed by atoms with Crippen molar-refractivity contribution in [2.24, 2.45) is 10.6 Å². The minimum absolute atomic E-state index is 0.0665. The maximum absolute atomic E-state index is 14.8. The third-order valence-corrected chi connectivity index (χ3v) is 9.55. The summed E-state index contributed by atoms with van der Waals surface area (Å²) in [6, 6.07) is 10.6. The zero-order chi connectivity index (χ0) is 31.8. The number of nitrogens with one attached hydrogen (secondary N) is 2. The summed E-state index contributed by atoms with van der Waals surface area (Å²) in [6.07, 6.45) is 10.4. The average molecular weight is 652 g/mol. The van der Waals surface area contributed by atoms with Crippen molar-refractivity contribution in [2.45, 2.75) is 76.7 Å². The minimum Gasteiger partial charge on any atom is -0.376 e. The molecule has 43 heavy (non-hydrogen) atoms. The first-order valence-electron chi connectivity index (χ1n) is 14.5. The standard InChI is InChI=1S/C20H17Cl2FN2O.C12H21NO2.H3NS/c1-2-8-25-10-15(13-4-3-5-16(22)18(13)23)20(11-25)14-7-6-12(21)9-17(14)24-19(20)26;1-3-6-12(10(2)15)7-4-11(5-8-12)13-9-14;1-2/h2-9,15H,10-11H2,1H3,(H,24,26);9,11H,3-8H2,1-2H3,(H,13,14);2H,1H2/t15?,20-;;/m0../s1. The van der Waals surface area contributed by atoms with Crippen molar-refractivity contribution < 1.29 is 18.8 Å². The molecule has 1 saturated carbocycles. The van der Waals surface area contributed by atoms with E-state index in [1.54, 1.807) is 31.2 Å². The first-order valence-corrected chi connectivity index (χ1v) is 15.8. The van der Waals surface area contributed by atoms with Gasteiger partial charge in [-0.15, -0.1) is 12.8 Å². The Morgan fingerprint density at radius 1 is 1.23 bits per heavy atom. The van der Waals surface area contributed by atoms with Crippen molar-refractivity contribution in [3.63, 3.8) is 0 Å². The van der Waals surface area contributed by atoms with Gasteiger partial charge in [0.05, 0.1) is 5.02 Å². The van der Waals surface area contributed by atoms with Gasteiger partial charge in [-0.1, -0.05) is 60.8 Å². The van der Waals surface area contributed by atoms with Crippen molar-refractivity contribution in [2.75, 3.05) is 18.4 Å². The Morgan fingerprint density at radius 3 is 2.53 bits per heavy atom. The Hall–Kier alpha value is -2.59. The van der Waals surface area contributed by atoms with Crippen LogP contribution in [0.3, 0.4) is 0 Å². The third-order valence-electron chi connectivity index (χ3n) is 9.02. The molecular formula is C32H41Cl2FN4O3S. The first-order chi connectivity index (χ1) is 20.6. The number of fused-ring (bicyclic) bond motifs is 2. The molecule has 3 aliphatic rings. The summed E-state index contributed by atoms with van der Waals surface area (Å²) in [6.45, 7) is 6.75. The minimum atomic E-state index is -0.884. The van der Waals surface area contributed by atoms with Gasteiger partial charge in [-0.2, -0.15) is 0 Å². The molecule has 1 spiro atoms. The lowest BCUT2D eigenvalue weighted by Gasteiger charge is -2.38. The molecule has 2 heterocycles. The summed E-state index contributed by atoms with van der Waals surface area (Å²) in [7, 11) is 0. The highest BCUT2D eigenvalue weighted by Gasteiger charge is 2.58. The van der Waals surface area contributed by atoms with Crippen molar-refractivity contribution >= 4 is 59.8 Å². The van der Waals surface area contributed by atoms with Crippen LogP contribution in [0.25, 0.3) is 0 Å². The molecule has 11 heteroatoms. The molecule has 2 aliphatic heterocycles. The molecule has 2 fully saturated rings. The van der Waals surface area contributed by atoms with Gasteiger partial charge in [0, 0.05) is 41.2 Å². The largest absolute Gasteiger partial charge is 0.376 e. The Morgan fingerprint density at radius 2 is 1.93 bits per heavy atom. The van der Waals surface area contributed by atoms with E-state index in [0.29, 0.717) is 35.1 Å². The summed E-state index contributed by atoms with van der Waals surface area (Å²) in [5.41, 5.74) is 1.03. The number of rotatable bonds is 7. The van der Waals surface area contributed by atoms with Crippen LogP contribution >= 0.6 is 36.0 Å². The molecule has 0 radical (unpaired) electrons. The molecule has 2 atom stereocenters. The summed E-state index contributed by atoms with van der Waals surface area (Å²) in [5, 5.41) is 10.6. The second kappa shape index (κ2) is 15.4. The van der Waals surface area contributed by atoms with E-state index in [4.69, 9.17) is 23.2 Å². The number of thiol groups is 1. The molecule has 0 bridgehead atoms. The number of hydrogen-bond donors (Lipinski definition) is 4. The van der Waals surface area contributed by atoms with Crippen LogP contribution in [0.5, 0.6) is 0 Å². The number of allylic oxidation sites excluding steroid dienone is 1. The Kier molecular flexibility index (Phi) is 12.5. The number of nitrogens with zero attached hydrogens (tertiary/aromatic N) is 1. The average Bonchev–Trinajstić information content (AvgIpc) is 3.50. The van der Waals surface area contributed by atoms with Gasteiger partial charge in [-0.05, 0) is 81.5 Å². The zero-order valence-electron chi connectivity index (χ0n) is 24.8. The molecular weight excluding hydrogens is 610 g/mol.